The molecule has 0 saturated carbocycles. The smallest absolute Gasteiger partial charge is 0.230 e. The highest BCUT2D eigenvalue weighted by molar-refractivity contribution is 5.92. The van der Waals surface area contributed by atoms with Crippen LogP contribution in [0.1, 0.15) is 5.69 Å². The van der Waals surface area contributed by atoms with Crippen LogP contribution in [0.5, 0.6) is 0 Å². The van der Waals surface area contributed by atoms with Crippen molar-refractivity contribution in [3.8, 4) is 0 Å². The molecule has 2 aromatic rings. The summed E-state index contributed by atoms with van der Waals surface area (Å²) >= 11 is 0. The molecule has 17 heavy (non-hydrogen) atoms. The molecule has 1 aromatic heterocycles. The van der Waals surface area contributed by atoms with Gasteiger partial charge in [0.25, 0.3) is 0 Å². The summed E-state index contributed by atoms with van der Waals surface area (Å²) in [6.45, 7) is 0. The molecule has 0 fully saturated rings. The molecule has 1 heterocycles. The second kappa shape index (κ2) is 4.73. The Kier molecular flexibility index (Phi) is 3.13. The minimum absolute atomic E-state index is 0.0454. The van der Waals surface area contributed by atoms with Gasteiger partial charge in [-0.25, -0.2) is 8.78 Å². The summed E-state index contributed by atoms with van der Waals surface area (Å²) in [5.74, 6) is -1.89. The SMILES string of the molecule is O=C(Cc1ccn[nH]1)Nc1ccc(F)cc1F. The molecular weight excluding hydrogens is 228 g/mol. The van der Waals surface area contributed by atoms with Crippen LogP contribution in [0.3, 0.4) is 0 Å². The van der Waals surface area contributed by atoms with E-state index in [4.69, 9.17) is 0 Å². The fourth-order valence-corrected chi connectivity index (χ4v) is 1.34. The van der Waals surface area contributed by atoms with Gasteiger partial charge in [0, 0.05) is 18.0 Å². The summed E-state index contributed by atoms with van der Waals surface area (Å²) in [7, 11) is 0. The van der Waals surface area contributed by atoms with Gasteiger partial charge in [-0.2, -0.15) is 5.10 Å². The molecule has 0 aliphatic rings. The summed E-state index contributed by atoms with van der Waals surface area (Å²) in [4.78, 5) is 11.5. The normalized spacial score (nSPS) is 10.2. The predicted molar refractivity (Wildman–Crippen MR) is 57.3 cm³/mol. The van der Waals surface area contributed by atoms with Crippen molar-refractivity contribution < 1.29 is 13.6 Å². The summed E-state index contributed by atoms with van der Waals surface area (Å²) in [6.07, 6.45) is 1.57. The zero-order chi connectivity index (χ0) is 12.3. The third-order valence-corrected chi connectivity index (χ3v) is 2.11. The van der Waals surface area contributed by atoms with E-state index in [0.717, 1.165) is 6.07 Å². The number of nitrogens with one attached hydrogen (secondary N) is 2. The van der Waals surface area contributed by atoms with Crippen molar-refractivity contribution in [2.45, 2.75) is 6.42 Å². The first-order chi connectivity index (χ1) is 8.15. The van der Waals surface area contributed by atoms with Crippen LogP contribution in [0.25, 0.3) is 0 Å². The Hall–Kier alpha value is -2.24. The molecular formula is C11H9F2N3O. The molecule has 6 heteroatoms. The van der Waals surface area contributed by atoms with Gasteiger partial charge < -0.3 is 5.32 Å². The van der Waals surface area contributed by atoms with Gasteiger partial charge in [-0.3, -0.25) is 9.89 Å². The molecule has 0 bridgehead atoms. The van der Waals surface area contributed by atoms with Crippen molar-refractivity contribution in [3.05, 3.63) is 47.8 Å². The van der Waals surface area contributed by atoms with Gasteiger partial charge in [0.2, 0.25) is 5.91 Å². The molecule has 2 rings (SSSR count). The maximum absolute atomic E-state index is 13.2. The van der Waals surface area contributed by atoms with Gasteiger partial charge >= 0.3 is 0 Å². The van der Waals surface area contributed by atoms with Crippen molar-refractivity contribution >= 4 is 11.6 Å². The lowest BCUT2D eigenvalue weighted by Gasteiger charge is -2.05. The standard InChI is InChI=1S/C11H9F2N3O/c12-7-1-2-10(9(13)5-7)15-11(17)6-8-3-4-14-16-8/h1-5H,6H2,(H,14,16)(H,15,17). The van der Waals surface area contributed by atoms with E-state index in [9.17, 15) is 13.6 Å². The molecule has 0 aliphatic heterocycles. The third-order valence-electron chi connectivity index (χ3n) is 2.11. The molecule has 4 nitrogen and oxygen atoms in total. The van der Waals surface area contributed by atoms with Crippen LogP contribution in [0.2, 0.25) is 0 Å². The van der Waals surface area contributed by atoms with E-state index in [0.29, 0.717) is 11.8 Å². The van der Waals surface area contributed by atoms with Crippen LogP contribution in [0, 0.1) is 11.6 Å². The summed E-state index contributed by atoms with van der Waals surface area (Å²) < 4.78 is 25.8. The van der Waals surface area contributed by atoms with Gasteiger partial charge in [0.1, 0.15) is 11.6 Å². The van der Waals surface area contributed by atoms with E-state index < -0.39 is 17.5 Å². The second-order valence-corrected chi connectivity index (χ2v) is 3.43. The average molecular weight is 237 g/mol. The minimum atomic E-state index is -0.803. The first-order valence-corrected chi connectivity index (χ1v) is 4.88. The third kappa shape index (κ3) is 2.87. The monoisotopic (exact) mass is 237 g/mol. The molecule has 0 atom stereocenters. The van der Waals surface area contributed by atoms with Crippen molar-refractivity contribution in [1.29, 1.82) is 0 Å². The largest absolute Gasteiger partial charge is 0.323 e. The van der Waals surface area contributed by atoms with Crippen molar-refractivity contribution in [1.82, 2.24) is 10.2 Å². The van der Waals surface area contributed by atoms with Gasteiger partial charge in [0.15, 0.2) is 0 Å². The molecule has 0 spiro atoms. The molecule has 1 amide bonds. The van der Waals surface area contributed by atoms with Crippen molar-refractivity contribution in [2.24, 2.45) is 0 Å². The molecule has 2 N–H and O–H groups in total. The van der Waals surface area contributed by atoms with Crippen LogP contribution >= 0.6 is 0 Å². The zero-order valence-corrected chi connectivity index (χ0v) is 8.71. The first kappa shape index (κ1) is 11.3. The number of rotatable bonds is 3. The van der Waals surface area contributed by atoms with Gasteiger partial charge in [-0.1, -0.05) is 0 Å². The number of aromatic nitrogens is 2. The van der Waals surface area contributed by atoms with Crippen LogP contribution in [-0.4, -0.2) is 16.1 Å². The number of carbonyl (C=O) groups is 1. The molecule has 1 aromatic carbocycles. The fourth-order valence-electron chi connectivity index (χ4n) is 1.34. The predicted octanol–water partition coefficient (Wildman–Crippen LogP) is 1.87. The lowest BCUT2D eigenvalue weighted by Crippen LogP contribution is -2.15. The fraction of sp³-hybridized carbons (Fsp3) is 0.0909. The van der Waals surface area contributed by atoms with E-state index in [-0.39, 0.29) is 12.1 Å². The number of H-pyrrole nitrogens is 1. The number of nitrogens with zero attached hydrogens (tertiary/aromatic N) is 1. The zero-order valence-electron chi connectivity index (χ0n) is 8.71. The summed E-state index contributed by atoms with van der Waals surface area (Å²) in [5, 5.41) is 8.64. The molecule has 0 aliphatic carbocycles. The number of hydrogen-bond donors (Lipinski definition) is 2. The quantitative estimate of drug-likeness (QED) is 0.856. The number of hydrogen-bond acceptors (Lipinski definition) is 2. The summed E-state index contributed by atoms with van der Waals surface area (Å²) in [6, 6.07) is 4.61. The molecule has 0 unspecified atom stereocenters. The summed E-state index contributed by atoms with van der Waals surface area (Å²) in [5.41, 5.74) is 0.570. The van der Waals surface area contributed by atoms with Gasteiger partial charge in [0.05, 0.1) is 12.1 Å². The number of benzene rings is 1. The van der Waals surface area contributed by atoms with E-state index >= 15 is 0 Å². The van der Waals surface area contributed by atoms with Gasteiger partial charge in [-0.15, -0.1) is 0 Å². The van der Waals surface area contributed by atoms with E-state index in [1.165, 1.54) is 12.3 Å². The molecule has 0 radical (unpaired) electrons. The number of anilines is 1. The Balaban J connectivity index is 2.03. The Morgan fingerprint density at radius 3 is 2.82 bits per heavy atom. The number of carbonyl (C=O) groups excluding carboxylic acids is 1. The van der Waals surface area contributed by atoms with E-state index in [2.05, 4.69) is 15.5 Å². The van der Waals surface area contributed by atoms with Crippen LogP contribution in [0.4, 0.5) is 14.5 Å². The van der Waals surface area contributed by atoms with Gasteiger partial charge in [-0.05, 0) is 18.2 Å². The highest BCUT2D eigenvalue weighted by Crippen LogP contribution is 2.15. The van der Waals surface area contributed by atoms with E-state index in [1.54, 1.807) is 6.07 Å². The van der Waals surface area contributed by atoms with Crippen molar-refractivity contribution in [3.63, 3.8) is 0 Å². The second-order valence-electron chi connectivity index (χ2n) is 3.43. The number of aromatic amines is 1. The average Bonchev–Trinajstić information content (AvgIpc) is 2.75. The maximum Gasteiger partial charge on any atom is 0.230 e. The highest BCUT2D eigenvalue weighted by Gasteiger charge is 2.09. The van der Waals surface area contributed by atoms with Crippen molar-refractivity contribution in [2.75, 3.05) is 5.32 Å². The maximum atomic E-state index is 13.2. The van der Waals surface area contributed by atoms with Crippen LogP contribution in [-0.2, 0) is 11.2 Å². The highest BCUT2D eigenvalue weighted by atomic mass is 19.1. The Bertz CT molecular complexity index is 526. The van der Waals surface area contributed by atoms with E-state index in [1.807, 2.05) is 0 Å². The van der Waals surface area contributed by atoms with Crippen LogP contribution < -0.4 is 5.32 Å². The lowest BCUT2D eigenvalue weighted by molar-refractivity contribution is -0.115. The topological polar surface area (TPSA) is 57.8 Å². The lowest BCUT2D eigenvalue weighted by atomic mass is 10.2. The molecule has 0 saturated heterocycles. The Morgan fingerprint density at radius 1 is 1.35 bits per heavy atom. The van der Waals surface area contributed by atoms with Crippen LogP contribution in [0.15, 0.2) is 30.5 Å². The first-order valence-electron chi connectivity index (χ1n) is 4.88. The molecule has 88 valence electrons. The Morgan fingerprint density at radius 2 is 2.18 bits per heavy atom. The number of halogens is 2. The number of amides is 1. The Labute approximate surface area is 95.7 Å². The minimum Gasteiger partial charge on any atom is -0.323 e.